The fraction of sp³-hybridized carbons (Fsp3) is 0.286. The van der Waals surface area contributed by atoms with Gasteiger partial charge in [-0.1, -0.05) is 36.4 Å². The highest BCUT2D eigenvalue weighted by Crippen LogP contribution is 2.34. The molecule has 1 atom stereocenters. The molecule has 0 fully saturated rings. The molecule has 4 rings (SSSR count). The average molecular weight is 346 g/mol. The summed E-state index contributed by atoms with van der Waals surface area (Å²) in [5.41, 5.74) is 4.47. The predicted molar refractivity (Wildman–Crippen MR) is 99.8 cm³/mol. The molecule has 2 aromatic carbocycles. The van der Waals surface area contributed by atoms with Gasteiger partial charge in [0.1, 0.15) is 12.7 Å². The van der Waals surface area contributed by atoms with E-state index in [9.17, 15) is 4.79 Å². The molecule has 0 unspecified atom stereocenters. The molecule has 1 aliphatic carbocycles. The second-order valence-corrected chi connectivity index (χ2v) is 6.81. The molecule has 1 heterocycles. The molecule has 1 aliphatic rings. The Morgan fingerprint density at radius 3 is 2.77 bits per heavy atom. The molecule has 1 amide bonds. The largest absolute Gasteiger partial charge is 0.335 e. The van der Waals surface area contributed by atoms with Crippen LogP contribution in [0.2, 0.25) is 0 Å². The van der Waals surface area contributed by atoms with Gasteiger partial charge in [0.05, 0.1) is 12.6 Å². The minimum Gasteiger partial charge on any atom is -0.335 e. The fourth-order valence-corrected chi connectivity index (χ4v) is 3.73. The molecule has 0 N–H and O–H groups in total. The first-order valence-corrected chi connectivity index (χ1v) is 8.98. The van der Waals surface area contributed by atoms with Crippen LogP contribution in [0.25, 0.3) is 0 Å². The van der Waals surface area contributed by atoms with Crippen LogP contribution in [-0.2, 0) is 13.0 Å². The number of hydrogen-bond donors (Lipinski definition) is 0. The van der Waals surface area contributed by atoms with Crippen LogP contribution >= 0.6 is 0 Å². The summed E-state index contributed by atoms with van der Waals surface area (Å²) in [6.07, 6.45) is 6.45. The minimum absolute atomic E-state index is 0.0685. The standard InChI is InChI=1S/C21H22N4O/c1-24(20-8-4-6-17-5-2-3-7-19(17)20)21(26)18-11-9-16(10-12-18)13-25-15-22-14-23-25/h2-3,5,7,9-12,14-15,20H,4,6,8,13H2,1H3/t20-/m1/s1. The maximum atomic E-state index is 13.0. The number of nitrogens with zero attached hydrogens (tertiary/aromatic N) is 4. The quantitative estimate of drug-likeness (QED) is 0.727. The first-order valence-electron chi connectivity index (χ1n) is 8.98. The minimum atomic E-state index is 0.0685. The van der Waals surface area contributed by atoms with Gasteiger partial charge in [0.15, 0.2) is 0 Å². The maximum absolute atomic E-state index is 13.0. The maximum Gasteiger partial charge on any atom is 0.254 e. The number of rotatable bonds is 4. The molecule has 0 radical (unpaired) electrons. The normalized spacial score (nSPS) is 16.1. The van der Waals surface area contributed by atoms with Crippen molar-refractivity contribution in [3.05, 3.63) is 83.4 Å². The summed E-state index contributed by atoms with van der Waals surface area (Å²) in [4.78, 5) is 18.8. The number of carbonyl (C=O) groups excluding carboxylic acids is 1. The van der Waals surface area contributed by atoms with Crippen LogP contribution in [0.5, 0.6) is 0 Å². The number of amides is 1. The Labute approximate surface area is 153 Å². The highest BCUT2D eigenvalue weighted by atomic mass is 16.2. The molecule has 5 nitrogen and oxygen atoms in total. The SMILES string of the molecule is CN(C(=O)c1ccc(Cn2cncn2)cc1)[C@@H]1CCCc2ccccc21. The van der Waals surface area contributed by atoms with Crippen molar-refractivity contribution in [3.63, 3.8) is 0 Å². The van der Waals surface area contributed by atoms with Gasteiger partial charge in [0.25, 0.3) is 5.91 Å². The zero-order chi connectivity index (χ0) is 17.9. The molecule has 3 aromatic rings. The lowest BCUT2D eigenvalue weighted by Gasteiger charge is -2.33. The van der Waals surface area contributed by atoms with E-state index >= 15 is 0 Å². The van der Waals surface area contributed by atoms with Crippen LogP contribution in [0.1, 0.15) is 45.9 Å². The number of aryl methyl sites for hydroxylation is 1. The third kappa shape index (κ3) is 3.25. The number of carbonyl (C=O) groups is 1. The number of fused-ring (bicyclic) bond motifs is 1. The molecule has 1 aromatic heterocycles. The van der Waals surface area contributed by atoms with E-state index in [1.165, 1.54) is 17.5 Å². The smallest absolute Gasteiger partial charge is 0.254 e. The summed E-state index contributed by atoms with van der Waals surface area (Å²) < 4.78 is 1.77. The Morgan fingerprint density at radius 1 is 1.19 bits per heavy atom. The van der Waals surface area contributed by atoms with E-state index in [2.05, 4.69) is 34.3 Å². The molecule has 132 valence electrons. The fourth-order valence-electron chi connectivity index (χ4n) is 3.73. The molecule has 0 bridgehead atoms. The Bertz CT molecular complexity index is 887. The van der Waals surface area contributed by atoms with Gasteiger partial charge in [-0.25, -0.2) is 9.67 Å². The average Bonchev–Trinajstić information content (AvgIpc) is 3.20. The van der Waals surface area contributed by atoms with Crippen LogP contribution in [0, 0.1) is 0 Å². The molecule has 5 heteroatoms. The van der Waals surface area contributed by atoms with Crippen molar-refractivity contribution in [2.45, 2.75) is 31.8 Å². The second kappa shape index (κ2) is 7.12. The molecule has 0 spiro atoms. The summed E-state index contributed by atoms with van der Waals surface area (Å²) >= 11 is 0. The van der Waals surface area contributed by atoms with Gasteiger partial charge in [-0.3, -0.25) is 4.79 Å². The van der Waals surface area contributed by atoms with E-state index in [0.717, 1.165) is 30.4 Å². The van der Waals surface area contributed by atoms with Crippen molar-refractivity contribution in [1.29, 1.82) is 0 Å². The Hall–Kier alpha value is -2.95. The summed E-state index contributed by atoms with van der Waals surface area (Å²) in [5.74, 6) is 0.0685. The van der Waals surface area contributed by atoms with E-state index in [1.807, 2.05) is 36.2 Å². The van der Waals surface area contributed by atoms with Gasteiger partial charge >= 0.3 is 0 Å². The van der Waals surface area contributed by atoms with Crippen molar-refractivity contribution < 1.29 is 4.79 Å². The van der Waals surface area contributed by atoms with Crippen molar-refractivity contribution in [1.82, 2.24) is 19.7 Å². The van der Waals surface area contributed by atoms with E-state index < -0.39 is 0 Å². The molecule has 0 saturated heterocycles. The third-order valence-corrected chi connectivity index (χ3v) is 5.14. The van der Waals surface area contributed by atoms with Crippen molar-refractivity contribution >= 4 is 5.91 Å². The first kappa shape index (κ1) is 16.5. The zero-order valence-corrected chi connectivity index (χ0v) is 14.9. The molecular formula is C21H22N4O. The van der Waals surface area contributed by atoms with Crippen LogP contribution in [-0.4, -0.2) is 32.6 Å². The summed E-state index contributed by atoms with van der Waals surface area (Å²) in [6, 6.07) is 16.4. The van der Waals surface area contributed by atoms with Gasteiger partial charge in [-0.15, -0.1) is 0 Å². The topological polar surface area (TPSA) is 51.0 Å². The van der Waals surface area contributed by atoms with E-state index in [-0.39, 0.29) is 11.9 Å². The van der Waals surface area contributed by atoms with E-state index in [4.69, 9.17) is 0 Å². The molecular weight excluding hydrogens is 324 g/mol. The molecule has 26 heavy (non-hydrogen) atoms. The summed E-state index contributed by atoms with van der Waals surface area (Å²) in [5, 5.41) is 4.11. The number of benzene rings is 2. The Kier molecular flexibility index (Phi) is 4.52. The second-order valence-electron chi connectivity index (χ2n) is 6.81. The van der Waals surface area contributed by atoms with Gasteiger partial charge < -0.3 is 4.90 Å². The highest BCUT2D eigenvalue weighted by molar-refractivity contribution is 5.94. The van der Waals surface area contributed by atoms with Crippen molar-refractivity contribution in [2.75, 3.05) is 7.05 Å². The van der Waals surface area contributed by atoms with Gasteiger partial charge in [-0.2, -0.15) is 5.10 Å². The Morgan fingerprint density at radius 2 is 2.00 bits per heavy atom. The Balaban J connectivity index is 1.50. The lowest BCUT2D eigenvalue weighted by molar-refractivity contribution is 0.0715. The van der Waals surface area contributed by atoms with Gasteiger partial charge in [0.2, 0.25) is 0 Å². The number of hydrogen-bond acceptors (Lipinski definition) is 3. The van der Waals surface area contributed by atoms with E-state index in [0.29, 0.717) is 6.54 Å². The predicted octanol–water partition coefficient (Wildman–Crippen LogP) is 3.48. The zero-order valence-electron chi connectivity index (χ0n) is 14.9. The third-order valence-electron chi connectivity index (χ3n) is 5.14. The van der Waals surface area contributed by atoms with Crippen molar-refractivity contribution in [2.24, 2.45) is 0 Å². The molecule has 0 saturated carbocycles. The van der Waals surface area contributed by atoms with Crippen LogP contribution < -0.4 is 0 Å². The van der Waals surface area contributed by atoms with Gasteiger partial charge in [0, 0.05) is 12.6 Å². The van der Waals surface area contributed by atoms with Crippen LogP contribution in [0.3, 0.4) is 0 Å². The van der Waals surface area contributed by atoms with Crippen molar-refractivity contribution in [3.8, 4) is 0 Å². The number of aromatic nitrogens is 3. The van der Waals surface area contributed by atoms with Gasteiger partial charge in [-0.05, 0) is 48.1 Å². The lowest BCUT2D eigenvalue weighted by atomic mass is 9.87. The first-order chi connectivity index (χ1) is 12.7. The lowest BCUT2D eigenvalue weighted by Crippen LogP contribution is -2.33. The monoisotopic (exact) mass is 346 g/mol. The highest BCUT2D eigenvalue weighted by Gasteiger charge is 2.26. The van der Waals surface area contributed by atoms with Crippen LogP contribution in [0.15, 0.2) is 61.2 Å². The summed E-state index contributed by atoms with van der Waals surface area (Å²) in [6.45, 7) is 0.653. The summed E-state index contributed by atoms with van der Waals surface area (Å²) in [7, 11) is 1.92. The van der Waals surface area contributed by atoms with E-state index in [1.54, 1.807) is 11.0 Å². The van der Waals surface area contributed by atoms with Crippen LogP contribution in [0.4, 0.5) is 0 Å². The molecule has 0 aliphatic heterocycles.